The van der Waals surface area contributed by atoms with Crippen LogP contribution in [0.3, 0.4) is 0 Å². The molecule has 0 fully saturated rings. The molecule has 0 spiro atoms. The lowest BCUT2D eigenvalue weighted by molar-refractivity contribution is 0.355. The van der Waals surface area contributed by atoms with E-state index < -0.39 is 0 Å². The highest BCUT2D eigenvalue weighted by Crippen LogP contribution is 2.39. The van der Waals surface area contributed by atoms with Crippen LogP contribution < -0.4 is 14.2 Å². The Bertz CT molecular complexity index is 1310. The normalized spacial score (nSPS) is 12.2. The van der Waals surface area contributed by atoms with E-state index in [-0.39, 0.29) is 6.04 Å². The Hall–Kier alpha value is -4.00. The Morgan fingerprint density at radius 1 is 0.788 bits per heavy atom. The zero-order valence-electron chi connectivity index (χ0n) is 19.4. The first-order valence-corrected chi connectivity index (χ1v) is 10.6. The number of ether oxygens (including phenoxy) is 3. The summed E-state index contributed by atoms with van der Waals surface area (Å²) < 4.78 is 17.3. The highest BCUT2D eigenvalue weighted by molar-refractivity contribution is 5.88. The van der Waals surface area contributed by atoms with E-state index in [1.54, 1.807) is 26.6 Å². The van der Waals surface area contributed by atoms with Gasteiger partial charge in [0.05, 0.1) is 25.8 Å². The van der Waals surface area contributed by atoms with Gasteiger partial charge in [-0.05, 0) is 68.3 Å². The Morgan fingerprint density at radius 3 is 2.27 bits per heavy atom. The number of hydrogen-bond donors (Lipinski definition) is 0. The maximum absolute atomic E-state index is 6.45. The fourth-order valence-electron chi connectivity index (χ4n) is 3.50. The molecule has 0 saturated carbocycles. The number of rotatable bonds is 7. The van der Waals surface area contributed by atoms with Gasteiger partial charge in [0, 0.05) is 29.4 Å². The van der Waals surface area contributed by atoms with Gasteiger partial charge in [0.15, 0.2) is 17.3 Å². The molecule has 0 N–H and O–H groups in total. The molecule has 0 radical (unpaired) electrons. The van der Waals surface area contributed by atoms with Crippen molar-refractivity contribution in [3.63, 3.8) is 0 Å². The van der Waals surface area contributed by atoms with Crippen LogP contribution in [-0.2, 0) is 0 Å². The zero-order valence-corrected chi connectivity index (χ0v) is 19.4. The number of fused-ring (bicyclic) bond motifs is 1. The number of methoxy groups -OCH3 is 2. The van der Waals surface area contributed by atoms with Gasteiger partial charge >= 0.3 is 0 Å². The molecular weight excluding hydrogens is 416 g/mol. The minimum absolute atomic E-state index is 0.232. The third-order valence-corrected chi connectivity index (χ3v) is 5.49. The highest BCUT2D eigenvalue weighted by atomic mass is 16.5. The summed E-state index contributed by atoms with van der Waals surface area (Å²) in [5, 5.41) is 9.60. The van der Waals surface area contributed by atoms with Crippen LogP contribution in [0.25, 0.3) is 10.9 Å². The van der Waals surface area contributed by atoms with E-state index in [0.29, 0.717) is 28.8 Å². The van der Waals surface area contributed by atoms with E-state index in [9.17, 15) is 0 Å². The number of hydrogen-bond acceptors (Lipinski definition) is 7. The molecule has 7 nitrogen and oxygen atoms in total. The molecule has 2 aromatic carbocycles. The number of pyridine rings is 2. The summed E-state index contributed by atoms with van der Waals surface area (Å²) in [4.78, 5) is 8.67. The molecule has 1 atom stereocenters. The summed E-state index contributed by atoms with van der Waals surface area (Å²) in [6, 6.07) is 15.0. The molecule has 0 aliphatic carbocycles. The molecule has 0 saturated heterocycles. The minimum Gasteiger partial charge on any atom is -0.493 e. The van der Waals surface area contributed by atoms with Crippen molar-refractivity contribution < 1.29 is 14.2 Å². The second kappa shape index (κ2) is 9.65. The molecule has 2 aromatic heterocycles. The Morgan fingerprint density at radius 2 is 1.55 bits per heavy atom. The summed E-state index contributed by atoms with van der Waals surface area (Å²) in [5.74, 6) is 3.18. The van der Waals surface area contributed by atoms with Crippen molar-refractivity contribution in [3.8, 4) is 23.0 Å². The average Bonchev–Trinajstić information content (AvgIpc) is 2.84. The van der Waals surface area contributed by atoms with Crippen molar-refractivity contribution in [1.29, 1.82) is 0 Å². The SMILES string of the molecule is COc1cc2nccc(Oc3cc(C)c(C)cc3C(C)N=Nc3ccccn3)c2cc1OC. The molecular formula is C26H26N4O3. The standard InChI is InChI=1S/C26H26N4O3/c1-16-12-19(18(3)29-30-26-8-6-7-10-28-26)23(13-17(16)2)33-22-9-11-27-21-15-25(32-5)24(31-4)14-20(21)22/h6-15,18H,1-5H3. The van der Waals surface area contributed by atoms with Gasteiger partial charge in [0.25, 0.3) is 0 Å². The van der Waals surface area contributed by atoms with E-state index in [1.807, 2.05) is 49.4 Å². The van der Waals surface area contributed by atoms with Crippen molar-refractivity contribution in [2.75, 3.05) is 14.2 Å². The van der Waals surface area contributed by atoms with Crippen molar-refractivity contribution in [2.24, 2.45) is 10.2 Å². The molecule has 168 valence electrons. The lowest BCUT2D eigenvalue weighted by atomic mass is 10.0. The Kier molecular flexibility index (Phi) is 6.49. The molecule has 0 aliphatic rings. The van der Waals surface area contributed by atoms with Crippen LogP contribution in [-0.4, -0.2) is 24.2 Å². The summed E-state index contributed by atoms with van der Waals surface area (Å²) in [6.45, 7) is 6.12. The number of aryl methyl sites for hydroxylation is 2. The average molecular weight is 443 g/mol. The van der Waals surface area contributed by atoms with Crippen molar-refractivity contribution >= 4 is 16.7 Å². The molecule has 0 amide bonds. The van der Waals surface area contributed by atoms with E-state index in [4.69, 9.17) is 14.2 Å². The van der Waals surface area contributed by atoms with Crippen LogP contribution in [0.15, 0.2) is 71.2 Å². The van der Waals surface area contributed by atoms with Crippen LogP contribution in [0.2, 0.25) is 0 Å². The maximum Gasteiger partial charge on any atom is 0.173 e. The summed E-state index contributed by atoms with van der Waals surface area (Å²) in [6.07, 6.45) is 3.41. The van der Waals surface area contributed by atoms with E-state index >= 15 is 0 Å². The van der Waals surface area contributed by atoms with E-state index in [2.05, 4.69) is 40.1 Å². The smallest absolute Gasteiger partial charge is 0.173 e. The Labute approximate surface area is 193 Å². The lowest BCUT2D eigenvalue weighted by Crippen LogP contribution is -1.99. The quantitative estimate of drug-likeness (QED) is 0.291. The van der Waals surface area contributed by atoms with Crippen LogP contribution in [0.4, 0.5) is 5.82 Å². The largest absolute Gasteiger partial charge is 0.493 e. The first-order valence-electron chi connectivity index (χ1n) is 10.6. The molecule has 0 bridgehead atoms. The van der Waals surface area contributed by atoms with Crippen LogP contribution in [0.5, 0.6) is 23.0 Å². The molecule has 1 unspecified atom stereocenters. The van der Waals surface area contributed by atoms with Gasteiger partial charge in [-0.25, -0.2) is 4.98 Å². The Balaban J connectivity index is 1.75. The predicted molar refractivity (Wildman–Crippen MR) is 128 cm³/mol. The third kappa shape index (κ3) is 4.77. The molecule has 2 heterocycles. The van der Waals surface area contributed by atoms with Crippen LogP contribution in [0, 0.1) is 13.8 Å². The van der Waals surface area contributed by atoms with Crippen molar-refractivity contribution in [2.45, 2.75) is 26.8 Å². The number of nitrogens with zero attached hydrogens (tertiary/aromatic N) is 4. The molecule has 4 aromatic rings. The van der Waals surface area contributed by atoms with E-state index in [1.165, 1.54) is 0 Å². The zero-order chi connectivity index (χ0) is 23.4. The van der Waals surface area contributed by atoms with Crippen molar-refractivity contribution in [1.82, 2.24) is 9.97 Å². The molecule has 0 aliphatic heterocycles. The second-order valence-corrected chi connectivity index (χ2v) is 7.69. The molecule has 33 heavy (non-hydrogen) atoms. The van der Waals surface area contributed by atoms with Crippen molar-refractivity contribution in [3.05, 3.63) is 77.6 Å². The maximum atomic E-state index is 6.45. The second-order valence-electron chi connectivity index (χ2n) is 7.69. The number of aromatic nitrogens is 2. The summed E-state index contributed by atoms with van der Waals surface area (Å²) in [5.41, 5.74) is 3.96. The van der Waals surface area contributed by atoms with Gasteiger partial charge in [-0.1, -0.05) is 6.07 Å². The van der Waals surface area contributed by atoms with Gasteiger partial charge in [-0.15, -0.1) is 5.11 Å². The van der Waals surface area contributed by atoms with E-state index in [0.717, 1.165) is 27.6 Å². The van der Waals surface area contributed by atoms with Crippen LogP contribution >= 0.6 is 0 Å². The first-order chi connectivity index (χ1) is 16.0. The number of azo groups is 1. The van der Waals surface area contributed by atoms with Crippen LogP contribution in [0.1, 0.15) is 29.7 Å². The minimum atomic E-state index is -0.232. The highest BCUT2D eigenvalue weighted by Gasteiger charge is 2.17. The topological polar surface area (TPSA) is 78.2 Å². The van der Waals surface area contributed by atoms with Gasteiger partial charge in [-0.3, -0.25) is 4.98 Å². The number of benzene rings is 2. The molecule has 7 heteroatoms. The fourth-order valence-corrected chi connectivity index (χ4v) is 3.50. The monoisotopic (exact) mass is 442 g/mol. The van der Waals surface area contributed by atoms with Gasteiger partial charge in [0.2, 0.25) is 0 Å². The predicted octanol–water partition coefficient (Wildman–Crippen LogP) is 6.90. The third-order valence-electron chi connectivity index (χ3n) is 5.49. The summed E-state index contributed by atoms with van der Waals surface area (Å²) >= 11 is 0. The molecule has 4 rings (SSSR count). The summed E-state index contributed by atoms with van der Waals surface area (Å²) in [7, 11) is 3.21. The van der Waals surface area contributed by atoms with Gasteiger partial charge in [0.1, 0.15) is 11.5 Å². The lowest BCUT2D eigenvalue weighted by Gasteiger charge is -2.17. The fraction of sp³-hybridized carbons (Fsp3) is 0.231. The van der Waals surface area contributed by atoms with Gasteiger partial charge in [-0.2, -0.15) is 5.11 Å². The first kappa shape index (κ1) is 22.2. The van der Waals surface area contributed by atoms with Gasteiger partial charge < -0.3 is 14.2 Å².